The quantitative estimate of drug-likeness (QED) is 0.634. The van der Waals surface area contributed by atoms with E-state index in [4.69, 9.17) is 9.84 Å². The first kappa shape index (κ1) is 10.5. The summed E-state index contributed by atoms with van der Waals surface area (Å²) in [5.74, 6) is 2.90. The zero-order chi connectivity index (χ0) is 9.23. The first-order valence-electron chi connectivity index (χ1n) is 3.48. The minimum Gasteiger partial charge on any atom is -0.497 e. The molecule has 0 spiro atoms. The molecule has 1 aromatic carbocycles. The van der Waals surface area contributed by atoms with E-state index >= 15 is 0 Å². The molecule has 0 amide bonds. The third kappa shape index (κ3) is 5.33. The van der Waals surface area contributed by atoms with Crippen molar-refractivity contribution >= 4 is 0 Å². The topological polar surface area (TPSA) is 29.5 Å². The van der Waals surface area contributed by atoms with Gasteiger partial charge in [0, 0.05) is 0 Å². The molecule has 1 N–H and O–H groups in total. The van der Waals surface area contributed by atoms with Gasteiger partial charge in [-0.05, 0) is 12.1 Å². The van der Waals surface area contributed by atoms with Crippen LogP contribution < -0.4 is 4.74 Å². The maximum Gasteiger partial charge on any atom is 0.118 e. The molecule has 0 unspecified atom stereocenters. The number of rotatable bonds is 1. The summed E-state index contributed by atoms with van der Waals surface area (Å²) in [4.78, 5) is 0. The zero-order valence-electron chi connectivity index (χ0n) is 7.03. The Morgan fingerprint density at radius 2 is 1.92 bits per heavy atom. The number of ether oxygens (including phenoxy) is 1. The second-order valence-electron chi connectivity index (χ2n) is 1.88. The van der Waals surface area contributed by atoms with Crippen molar-refractivity contribution in [3.05, 3.63) is 30.3 Å². The van der Waals surface area contributed by atoms with Crippen LogP contribution in [0.4, 0.5) is 0 Å². The molecule has 0 aliphatic rings. The van der Waals surface area contributed by atoms with E-state index in [2.05, 4.69) is 6.42 Å². The van der Waals surface area contributed by atoms with Crippen molar-refractivity contribution in [3.8, 4) is 18.1 Å². The average molecular weight is 164 g/mol. The first-order chi connectivity index (χ1) is 5.85. The molecule has 2 nitrogen and oxygen atoms in total. The molecule has 1 aromatic rings. The van der Waals surface area contributed by atoms with Crippen molar-refractivity contribution in [2.75, 3.05) is 13.7 Å². The van der Waals surface area contributed by atoms with Crippen LogP contribution in [-0.2, 0) is 0 Å². The summed E-state index contributed by atoms with van der Waals surface area (Å²) < 4.78 is 4.91. The molecule has 0 radical (unpaired) electrons. The van der Waals surface area contributed by atoms with Crippen molar-refractivity contribution in [2.24, 2.45) is 0 Å². The fourth-order valence-electron chi connectivity index (χ4n) is 0.557. The van der Waals surface area contributed by atoms with Crippen LogP contribution in [0.1, 0.15) is 0 Å². The van der Waals surface area contributed by atoms with Crippen LogP contribution in [0, 0.1) is 12.3 Å². The second kappa shape index (κ2) is 7.64. The summed E-state index contributed by atoms with van der Waals surface area (Å²) in [6, 6.07) is 9.68. The summed E-state index contributed by atoms with van der Waals surface area (Å²) in [6.45, 7) is -0.153. The lowest BCUT2D eigenvalue weighted by molar-refractivity contribution is 0.351. The van der Waals surface area contributed by atoms with E-state index in [1.807, 2.05) is 36.3 Å². The third-order valence-electron chi connectivity index (χ3n) is 1.07. The summed E-state index contributed by atoms with van der Waals surface area (Å²) in [7, 11) is 1.66. The van der Waals surface area contributed by atoms with E-state index in [0.29, 0.717) is 0 Å². The van der Waals surface area contributed by atoms with Gasteiger partial charge in [-0.25, -0.2) is 0 Å². The molecule has 0 fully saturated rings. The van der Waals surface area contributed by atoms with E-state index in [1.54, 1.807) is 7.11 Å². The van der Waals surface area contributed by atoms with E-state index in [1.165, 1.54) is 0 Å². The Hall–Kier alpha value is -1.46. The maximum absolute atomic E-state index is 7.64. The molecule has 12 heavy (non-hydrogen) atoms. The Labute approximate surface area is 72.8 Å². The Kier molecular flexibility index (Phi) is 6.71. The molecule has 0 aliphatic carbocycles. The Bertz CT molecular complexity index is 223. The minimum absolute atomic E-state index is 0.153. The van der Waals surface area contributed by atoms with Gasteiger partial charge in [-0.15, -0.1) is 6.42 Å². The number of hydrogen-bond acceptors (Lipinski definition) is 2. The summed E-state index contributed by atoms with van der Waals surface area (Å²) >= 11 is 0. The van der Waals surface area contributed by atoms with E-state index in [-0.39, 0.29) is 6.61 Å². The van der Waals surface area contributed by atoms with E-state index in [0.717, 1.165) is 5.75 Å². The van der Waals surface area contributed by atoms with Crippen molar-refractivity contribution < 1.29 is 9.84 Å². The van der Waals surface area contributed by atoms with Crippen LogP contribution in [-0.4, -0.2) is 18.8 Å². The van der Waals surface area contributed by atoms with Gasteiger partial charge in [-0.3, -0.25) is 0 Å². The number of methoxy groups -OCH3 is 1. The molecule has 1 rings (SSSR count). The molecule has 0 aromatic heterocycles. The summed E-state index contributed by atoms with van der Waals surface area (Å²) in [5.41, 5.74) is 0. The average Bonchev–Trinajstić information content (AvgIpc) is 2.19. The molecule has 0 heterocycles. The number of para-hydroxylation sites is 1. The van der Waals surface area contributed by atoms with E-state index in [9.17, 15) is 0 Å². The fraction of sp³-hybridized carbons (Fsp3) is 0.200. The monoisotopic (exact) mass is 164 g/mol. The molecular formula is C10H12O2. The van der Waals surface area contributed by atoms with Crippen LogP contribution in [0.5, 0.6) is 5.75 Å². The van der Waals surface area contributed by atoms with Gasteiger partial charge in [0.2, 0.25) is 0 Å². The van der Waals surface area contributed by atoms with Crippen LogP contribution in [0.15, 0.2) is 30.3 Å². The Morgan fingerprint density at radius 1 is 1.42 bits per heavy atom. The molecule has 0 bridgehead atoms. The highest BCUT2D eigenvalue weighted by Crippen LogP contribution is 2.05. The SMILES string of the molecule is C#CCO.COc1ccccc1. The van der Waals surface area contributed by atoms with Crippen LogP contribution >= 0.6 is 0 Å². The molecule has 0 saturated carbocycles. The highest BCUT2D eigenvalue weighted by molar-refractivity contribution is 5.20. The molecule has 0 aliphatic heterocycles. The summed E-state index contributed by atoms with van der Waals surface area (Å²) in [6.07, 6.45) is 4.53. The number of terminal acetylenes is 1. The van der Waals surface area contributed by atoms with Crippen LogP contribution in [0.3, 0.4) is 0 Å². The van der Waals surface area contributed by atoms with Gasteiger partial charge < -0.3 is 9.84 Å². The number of benzene rings is 1. The normalized spacial score (nSPS) is 7.42. The van der Waals surface area contributed by atoms with E-state index < -0.39 is 0 Å². The highest BCUT2D eigenvalue weighted by Gasteiger charge is 1.80. The standard InChI is InChI=1S/C7H8O.C3H4O/c1-8-7-5-3-2-4-6-7;1-2-3-4/h2-6H,1H3;1,4H,3H2. The lowest BCUT2D eigenvalue weighted by Gasteiger charge is -1.93. The zero-order valence-corrected chi connectivity index (χ0v) is 7.03. The summed E-state index contributed by atoms with van der Waals surface area (Å²) in [5, 5.41) is 7.64. The number of aliphatic hydroxyl groups is 1. The van der Waals surface area contributed by atoms with Gasteiger partial charge in [0.25, 0.3) is 0 Å². The van der Waals surface area contributed by atoms with Gasteiger partial charge >= 0.3 is 0 Å². The van der Waals surface area contributed by atoms with Crippen molar-refractivity contribution in [1.82, 2.24) is 0 Å². The molecule has 2 heteroatoms. The molecule has 64 valence electrons. The van der Waals surface area contributed by atoms with Crippen LogP contribution in [0.2, 0.25) is 0 Å². The largest absolute Gasteiger partial charge is 0.497 e. The van der Waals surface area contributed by atoms with Gasteiger partial charge in [0.15, 0.2) is 0 Å². The number of aliphatic hydroxyl groups excluding tert-OH is 1. The molecular weight excluding hydrogens is 152 g/mol. The third-order valence-corrected chi connectivity index (χ3v) is 1.07. The predicted molar refractivity (Wildman–Crippen MR) is 48.9 cm³/mol. The predicted octanol–water partition coefficient (Wildman–Crippen LogP) is 1.31. The fourth-order valence-corrected chi connectivity index (χ4v) is 0.557. The molecule has 0 saturated heterocycles. The van der Waals surface area contributed by atoms with Gasteiger partial charge in [0.05, 0.1) is 7.11 Å². The van der Waals surface area contributed by atoms with Gasteiger partial charge in [-0.2, -0.15) is 0 Å². The highest BCUT2D eigenvalue weighted by atomic mass is 16.5. The maximum atomic E-state index is 7.64. The first-order valence-corrected chi connectivity index (χ1v) is 3.48. The minimum atomic E-state index is -0.153. The smallest absolute Gasteiger partial charge is 0.118 e. The van der Waals surface area contributed by atoms with Crippen molar-refractivity contribution in [2.45, 2.75) is 0 Å². The lowest BCUT2D eigenvalue weighted by Crippen LogP contribution is -1.78. The molecule has 0 atom stereocenters. The van der Waals surface area contributed by atoms with Gasteiger partial charge in [-0.1, -0.05) is 24.1 Å². The van der Waals surface area contributed by atoms with Crippen molar-refractivity contribution in [3.63, 3.8) is 0 Å². The lowest BCUT2D eigenvalue weighted by atomic mass is 10.3. The Balaban J connectivity index is 0.000000261. The van der Waals surface area contributed by atoms with Crippen molar-refractivity contribution in [1.29, 1.82) is 0 Å². The number of hydrogen-bond donors (Lipinski definition) is 1. The van der Waals surface area contributed by atoms with Crippen LogP contribution in [0.25, 0.3) is 0 Å². The Morgan fingerprint density at radius 3 is 2.17 bits per heavy atom. The second-order valence-corrected chi connectivity index (χ2v) is 1.88. The van der Waals surface area contributed by atoms with Gasteiger partial charge in [0.1, 0.15) is 12.4 Å².